The Bertz CT molecular complexity index is 1420. The number of amidine groups is 1. The van der Waals surface area contributed by atoms with E-state index in [1.165, 1.54) is 18.1 Å². The number of carbonyl (C=O) groups is 3. The standard InChI is InChI=1S/C21H21N7O5S/c1-11(29)21(24)14(18(20(31)32)28-16(30)7-17(28)34-21)9-26-3-2-15-25(4-5-27(15)26)8-13-6-12(10-33-13)19(22)23/h2-6,10,17H,7-9,24H2,1H3,(H3-,22,23,31,32)/p+1. The SMILES string of the molecule is CC(=O)C1(N)SC2CC(=O)N2C(C(=O)O)=C1Cn1ccc2n1cc[n+]2Cc1cc(C(=N)N)co1. The van der Waals surface area contributed by atoms with Crippen molar-refractivity contribution < 1.29 is 28.5 Å². The number of hydrogen-bond donors (Lipinski definition) is 4. The third-order valence-corrected chi connectivity index (χ3v) is 7.68. The first kappa shape index (κ1) is 22.0. The second-order valence-electron chi connectivity index (χ2n) is 8.22. The molecule has 6 N–H and O–H groups in total. The van der Waals surface area contributed by atoms with Gasteiger partial charge in [0.1, 0.15) is 41.2 Å². The third kappa shape index (κ3) is 3.23. The molecule has 34 heavy (non-hydrogen) atoms. The lowest BCUT2D eigenvalue weighted by Crippen LogP contribution is -2.62. The van der Waals surface area contributed by atoms with E-state index in [0.29, 0.717) is 17.9 Å². The lowest BCUT2D eigenvalue weighted by Gasteiger charge is -2.49. The molecule has 176 valence electrons. The zero-order valence-corrected chi connectivity index (χ0v) is 18.9. The van der Waals surface area contributed by atoms with Crippen LogP contribution in [0.5, 0.6) is 0 Å². The summed E-state index contributed by atoms with van der Waals surface area (Å²) in [5, 5.41) is 17.0. The lowest BCUT2D eigenvalue weighted by molar-refractivity contribution is -0.663. The maximum Gasteiger partial charge on any atom is 0.352 e. The van der Waals surface area contributed by atoms with Crippen molar-refractivity contribution >= 4 is 40.9 Å². The number of β-lactam (4-membered cyclic amide) rings is 1. The summed E-state index contributed by atoms with van der Waals surface area (Å²) < 4.78 is 10.9. The van der Waals surface area contributed by atoms with E-state index in [4.69, 9.17) is 21.3 Å². The summed E-state index contributed by atoms with van der Waals surface area (Å²) >= 11 is 1.11. The molecule has 12 nitrogen and oxygen atoms in total. The number of thioether (sulfide) groups is 1. The molecule has 0 spiro atoms. The predicted molar refractivity (Wildman–Crippen MR) is 120 cm³/mol. The number of nitrogens with one attached hydrogen (secondary N) is 1. The highest BCUT2D eigenvalue weighted by Gasteiger charge is 2.55. The van der Waals surface area contributed by atoms with E-state index in [1.807, 2.05) is 16.8 Å². The van der Waals surface area contributed by atoms with Crippen LogP contribution in [-0.4, -0.2) is 52.9 Å². The van der Waals surface area contributed by atoms with Gasteiger partial charge in [-0.1, -0.05) is 0 Å². The van der Waals surface area contributed by atoms with Crippen molar-refractivity contribution in [1.82, 2.24) is 14.1 Å². The Morgan fingerprint density at radius 1 is 1.41 bits per heavy atom. The largest absolute Gasteiger partial charge is 0.477 e. The number of nitrogens with two attached hydrogens (primary N) is 2. The van der Waals surface area contributed by atoms with Crippen molar-refractivity contribution in [3.63, 3.8) is 0 Å². The number of amides is 1. The lowest BCUT2D eigenvalue weighted by atomic mass is 9.97. The van der Waals surface area contributed by atoms with Gasteiger partial charge in [-0.2, -0.15) is 0 Å². The number of rotatable bonds is 7. The van der Waals surface area contributed by atoms with Crippen LogP contribution in [0.4, 0.5) is 0 Å². The number of carboxylic acids is 1. The number of Topliss-reactive ketones (excluding diaryl/α,β-unsaturated/α-hetero) is 1. The van der Waals surface area contributed by atoms with Gasteiger partial charge < -0.3 is 21.0 Å². The summed E-state index contributed by atoms with van der Waals surface area (Å²) in [5.74, 6) is -1.46. The summed E-state index contributed by atoms with van der Waals surface area (Å²) in [7, 11) is 0. The zero-order chi connectivity index (χ0) is 24.4. The fourth-order valence-corrected chi connectivity index (χ4v) is 5.77. The molecule has 3 aromatic rings. The van der Waals surface area contributed by atoms with E-state index in [9.17, 15) is 19.5 Å². The fourth-order valence-electron chi connectivity index (χ4n) is 4.32. The average molecular weight is 485 g/mol. The Labute approximate surface area is 196 Å². The number of carboxylic acid groups (broad SMARTS) is 1. The number of ketones is 1. The van der Waals surface area contributed by atoms with E-state index in [0.717, 1.165) is 17.4 Å². The van der Waals surface area contributed by atoms with Crippen molar-refractivity contribution in [2.24, 2.45) is 11.5 Å². The molecule has 1 saturated heterocycles. The Morgan fingerprint density at radius 2 is 2.18 bits per heavy atom. The van der Waals surface area contributed by atoms with Crippen molar-refractivity contribution in [2.75, 3.05) is 0 Å². The van der Waals surface area contributed by atoms with Gasteiger partial charge in [-0.25, -0.2) is 14.0 Å². The van der Waals surface area contributed by atoms with E-state index >= 15 is 0 Å². The summed E-state index contributed by atoms with van der Waals surface area (Å²) in [6.45, 7) is 1.70. The topological polar surface area (TPSA) is 177 Å². The second kappa shape index (κ2) is 7.60. The van der Waals surface area contributed by atoms with E-state index in [-0.39, 0.29) is 41.8 Å². The summed E-state index contributed by atoms with van der Waals surface area (Å²) in [4.78, 5) is 36.6. The highest BCUT2D eigenvalue weighted by atomic mass is 32.2. The smallest absolute Gasteiger partial charge is 0.352 e. The Kier molecular flexibility index (Phi) is 4.91. The molecule has 3 aromatic heterocycles. The van der Waals surface area contributed by atoms with Gasteiger partial charge >= 0.3 is 11.6 Å². The van der Waals surface area contributed by atoms with Crippen LogP contribution in [0, 0.1) is 5.41 Å². The van der Waals surface area contributed by atoms with Crippen LogP contribution >= 0.6 is 11.8 Å². The van der Waals surface area contributed by atoms with Gasteiger partial charge in [0.2, 0.25) is 5.91 Å². The first-order chi connectivity index (χ1) is 16.1. The van der Waals surface area contributed by atoms with Gasteiger partial charge in [-0.3, -0.25) is 19.9 Å². The fraction of sp³-hybridized carbons (Fsp3) is 0.286. The van der Waals surface area contributed by atoms with Crippen LogP contribution in [0.15, 0.2) is 52.7 Å². The van der Waals surface area contributed by atoms with Crippen LogP contribution in [0.1, 0.15) is 24.7 Å². The number of nitrogens with zero attached hydrogens (tertiary/aromatic N) is 4. The molecule has 0 bridgehead atoms. The minimum absolute atomic E-state index is 0.00533. The van der Waals surface area contributed by atoms with Crippen molar-refractivity contribution in [1.29, 1.82) is 5.41 Å². The number of hydrogen-bond acceptors (Lipinski definition) is 7. The number of furan rings is 1. The number of carbonyl (C=O) groups excluding carboxylic acids is 2. The van der Waals surface area contributed by atoms with Crippen LogP contribution in [0.2, 0.25) is 0 Å². The minimum Gasteiger partial charge on any atom is -0.477 e. The zero-order valence-electron chi connectivity index (χ0n) is 18.1. The molecular weight excluding hydrogens is 462 g/mol. The van der Waals surface area contributed by atoms with Gasteiger partial charge in [-0.15, -0.1) is 16.3 Å². The molecule has 5 rings (SSSR count). The van der Waals surface area contributed by atoms with Crippen molar-refractivity contribution in [2.45, 2.75) is 36.7 Å². The Balaban J connectivity index is 1.53. The molecule has 2 unspecified atom stereocenters. The van der Waals surface area contributed by atoms with Crippen molar-refractivity contribution in [3.8, 4) is 0 Å². The quantitative estimate of drug-likeness (QED) is 0.155. The number of aliphatic carboxylic acids is 1. The number of fused-ring (bicyclic) bond motifs is 2. The number of imidazole rings is 1. The monoisotopic (exact) mass is 484 g/mol. The number of aromatic nitrogens is 3. The number of nitrogen functional groups attached to an aromatic ring is 1. The molecule has 0 saturated carbocycles. The third-order valence-electron chi connectivity index (χ3n) is 6.13. The van der Waals surface area contributed by atoms with Gasteiger partial charge in [0.05, 0.1) is 36.2 Å². The first-order valence-electron chi connectivity index (χ1n) is 10.3. The molecule has 2 aliphatic rings. The maximum atomic E-state index is 12.6. The molecule has 0 radical (unpaired) electrons. The molecule has 13 heteroatoms. The summed E-state index contributed by atoms with van der Waals surface area (Å²) in [6.07, 6.45) is 6.91. The minimum atomic E-state index is -1.56. The molecule has 1 fully saturated rings. The second-order valence-corrected chi connectivity index (χ2v) is 9.65. The Morgan fingerprint density at radius 3 is 2.79 bits per heavy atom. The average Bonchev–Trinajstić information content (AvgIpc) is 3.48. The van der Waals surface area contributed by atoms with E-state index < -0.39 is 16.2 Å². The molecule has 0 aliphatic carbocycles. The molecule has 1 amide bonds. The maximum absolute atomic E-state index is 12.6. The first-order valence-corrected chi connectivity index (χ1v) is 11.2. The van der Waals surface area contributed by atoms with Gasteiger partial charge in [0.25, 0.3) is 0 Å². The van der Waals surface area contributed by atoms with Crippen molar-refractivity contribution in [3.05, 3.63) is 59.6 Å². The van der Waals surface area contributed by atoms with Gasteiger partial charge in [0.15, 0.2) is 12.0 Å². The van der Waals surface area contributed by atoms with Crippen LogP contribution in [0.25, 0.3) is 5.65 Å². The van der Waals surface area contributed by atoms with Crippen LogP contribution in [0.3, 0.4) is 0 Å². The molecular formula is C21H22N7O5S+. The normalized spacial score (nSPS) is 22.1. The highest BCUT2D eigenvalue weighted by molar-refractivity contribution is 8.02. The summed E-state index contributed by atoms with van der Waals surface area (Å²) in [6, 6.07) is 3.52. The molecule has 2 atom stereocenters. The van der Waals surface area contributed by atoms with E-state index in [2.05, 4.69) is 0 Å². The molecule has 0 aromatic carbocycles. The Hall–Kier alpha value is -3.84. The van der Waals surface area contributed by atoms with Crippen LogP contribution < -0.4 is 16.0 Å². The summed E-state index contributed by atoms with van der Waals surface area (Å²) in [5.41, 5.74) is 13.2. The molecule has 2 aliphatic heterocycles. The van der Waals surface area contributed by atoms with E-state index in [1.54, 1.807) is 27.7 Å². The van der Waals surface area contributed by atoms with Crippen LogP contribution in [-0.2, 0) is 27.5 Å². The van der Waals surface area contributed by atoms with Gasteiger partial charge in [0, 0.05) is 5.57 Å². The van der Waals surface area contributed by atoms with Gasteiger partial charge in [-0.05, 0) is 13.0 Å². The highest BCUT2D eigenvalue weighted by Crippen LogP contribution is 2.48. The predicted octanol–water partition coefficient (Wildman–Crippen LogP) is -0.158. The molecule has 5 heterocycles.